The number of hydrogen-bond donors (Lipinski definition) is 0. The van der Waals surface area contributed by atoms with Crippen molar-refractivity contribution in [2.45, 2.75) is 19.3 Å². The van der Waals surface area contributed by atoms with E-state index in [9.17, 15) is 0 Å². The van der Waals surface area contributed by atoms with Crippen molar-refractivity contribution >= 4 is 11.6 Å². The fourth-order valence-electron chi connectivity index (χ4n) is 3.61. The predicted molar refractivity (Wildman–Crippen MR) is 95.7 cm³/mol. The van der Waals surface area contributed by atoms with E-state index in [0.29, 0.717) is 5.92 Å². The van der Waals surface area contributed by atoms with E-state index >= 15 is 0 Å². The lowest BCUT2D eigenvalue weighted by molar-refractivity contribution is 0.122. The van der Waals surface area contributed by atoms with E-state index in [4.69, 9.17) is 4.74 Å². The molecule has 2 aromatic rings. The molecular weight excluding hydrogens is 316 g/mol. The predicted octanol–water partition coefficient (Wildman–Crippen LogP) is 1.56. The van der Waals surface area contributed by atoms with Crippen molar-refractivity contribution in [1.82, 2.24) is 20.2 Å². The zero-order valence-electron chi connectivity index (χ0n) is 14.4. The van der Waals surface area contributed by atoms with Gasteiger partial charge in [0.2, 0.25) is 0 Å². The van der Waals surface area contributed by atoms with E-state index in [1.165, 1.54) is 12.8 Å². The van der Waals surface area contributed by atoms with E-state index in [2.05, 4.69) is 42.1 Å². The first-order chi connectivity index (χ1) is 12.4. The third kappa shape index (κ3) is 4.04. The van der Waals surface area contributed by atoms with E-state index in [-0.39, 0.29) is 0 Å². The Morgan fingerprint density at radius 2 is 1.92 bits per heavy atom. The Morgan fingerprint density at radius 3 is 2.68 bits per heavy atom. The zero-order valence-corrected chi connectivity index (χ0v) is 14.4. The lowest BCUT2D eigenvalue weighted by Crippen LogP contribution is -2.37. The molecule has 0 aliphatic carbocycles. The minimum absolute atomic E-state index is 0.583. The summed E-state index contributed by atoms with van der Waals surface area (Å²) in [5, 5.41) is 8.90. The van der Waals surface area contributed by atoms with Crippen molar-refractivity contribution in [2.75, 3.05) is 49.2 Å². The number of piperidine rings is 1. The van der Waals surface area contributed by atoms with Crippen molar-refractivity contribution in [1.29, 1.82) is 0 Å². The summed E-state index contributed by atoms with van der Waals surface area (Å²) in [6, 6.07) is 4.22. The highest BCUT2D eigenvalue weighted by Crippen LogP contribution is 2.23. The van der Waals surface area contributed by atoms with Crippen LogP contribution in [-0.2, 0) is 11.2 Å². The maximum atomic E-state index is 5.39. The van der Waals surface area contributed by atoms with Crippen LogP contribution in [0.4, 0.5) is 11.6 Å². The summed E-state index contributed by atoms with van der Waals surface area (Å²) in [7, 11) is 0. The summed E-state index contributed by atoms with van der Waals surface area (Å²) in [4.78, 5) is 13.2. The molecule has 0 amide bonds. The van der Waals surface area contributed by atoms with Crippen LogP contribution in [0.2, 0.25) is 0 Å². The minimum Gasteiger partial charge on any atom is -0.378 e. The minimum atomic E-state index is 0.583. The van der Waals surface area contributed by atoms with Crippen LogP contribution in [0.5, 0.6) is 0 Å². The monoisotopic (exact) mass is 340 g/mol. The summed E-state index contributed by atoms with van der Waals surface area (Å²) in [6.07, 6.45) is 8.70. The first kappa shape index (κ1) is 16.2. The van der Waals surface area contributed by atoms with Crippen molar-refractivity contribution < 1.29 is 4.74 Å². The van der Waals surface area contributed by atoms with Crippen molar-refractivity contribution in [3.8, 4) is 0 Å². The Labute approximate surface area is 148 Å². The van der Waals surface area contributed by atoms with Gasteiger partial charge in [-0.15, -0.1) is 5.10 Å². The molecule has 0 bridgehead atoms. The van der Waals surface area contributed by atoms with Crippen LogP contribution >= 0.6 is 0 Å². The van der Waals surface area contributed by atoms with Gasteiger partial charge in [0.05, 0.1) is 25.1 Å². The molecule has 4 rings (SSSR count). The molecule has 132 valence electrons. The Morgan fingerprint density at radius 1 is 1.00 bits per heavy atom. The summed E-state index contributed by atoms with van der Waals surface area (Å²) >= 11 is 0. The van der Waals surface area contributed by atoms with Gasteiger partial charge in [-0.05, 0) is 37.3 Å². The third-order valence-corrected chi connectivity index (χ3v) is 4.93. The number of aromatic nitrogens is 4. The molecule has 0 saturated carbocycles. The highest BCUT2D eigenvalue weighted by molar-refractivity contribution is 5.38. The number of nitrogens with zero attached hydrogens (tertiary/aromatic N) is 6. The number of anilines is 2. The van der Waals surface area contributed by atoms with Crippen LogP contribution in [0.3, 0.4) is 0 Å². The van der Waals surface area contributed by atoms with Gasteiger partial charge in [-0.25, -0.2) is 4.98 Å². The van der Waals surface area contributed by atoms with Crippen LogP contribution in [0.1, 0.15) is 18.5 Å². The topological polar surface area (TPSA) is 67.3 Å². The van der Waals surface area contributed by atoms with Crippen molar-refractivity contribution in [3.05, 3.63) is 36.4 Å². The highest BCUT2D eigenvalue weighted by atomic mass is 16.5. The van der Waals surface area contributed by atoms with Gasteiger partial charge in [0.25, 0.3) is 0 Å². The molecular formula is C18H24N6O. The van der Waals surface area contributed by atoms with Crippen LogP contribution in [0.15, 0.2) is 30.7 Å². The van der Waals surface area contributed by atoms with Gasteiger partial charge < -0.3 is 14.5 Å². The molecule has 2 aromatic heterocycles. The molecule has 2 aliphatic rings. The molecule has 0 aromatic carbocycles. The van der Waals surface area contributed by atoms with Crippen LogP contribution in [0, 0.1) is 5.92 Å². The average Bonchev–Trinajstić information content (AvgIpc) is 2.70. The van der Waals surface area contributed by atoms with Gasteiger partial charge in [0.1, 0.15) is 5.82 Å². The zero-order chi connectivity index (χ0) is 16.9. The standard InChI is InChI=1S/C18H24N6O/c1-2-15(14-24(7-1)18-13-19-5-6-20-18)12-16-3-4-17(22-21-16)23-8-10-25-11-9-23/h3-6,13,15H,1-2,7-12,14H2. The molecule has 2 fully saturated rings. The molecule has 7 heteroatoms. The van der Waals surface area contributed by atoms with Gasteiger partial charge in [-0.2, -0.15) is 5.10 Å². The second-order valence-electron chi connectivity index (χ2n) is 6.70. The first-order valence-electron chi connectivity index (χ1n) is 9.05. The number of rotatable bonds is 4. The number of morpholine rings is 1. The average molecular weight is 340 g/mol. The molecule has 1 atom stereocenters. The largest absolute Gasteiger partial charge is 0.378 e. The SMILES string of the molecule is c1cnc(N2CCCC(Cc3ccc(N4CCOCC4)nn3)C2)cn1. The molecule has 4 heterocycles. The van der Waals surface area contributed by atoms with Gasteiger partial charge in [0, 0.05) is 38.6 Å². The Balaban J connectivity index is 1.36. The van der Waals surface area contributed by atoms with E-state index in [0.717, 1.165) is 63.1 Å². The number of ether oxygens (including phenoxy) is 1. The second kappa shape index (κ2) is 7.74. The lowest BCUT2D eigenvalue weighted by Gasteiger charge is -2.33. The summed E-state index contributed by atoms with van der Waals surface area (Å²) < 4.78 is 5.39. The van der Waals surface area contributed by atoms with Gasteiger partial charge in [0.15, 0.2) is 5.82 Å². The molecule has 25 heavy (non-hydrogen) atoms. The summed E-state index contributed by atoms with van der Waals surface area (Å²) in [5.74, 6) is 2.51. The number of hydrogen-bond acceptors (Lipinski definition) is 7. The van der Waals surface area contributed by atoms with Crippen LogP contribution in [-0.4, -0.2) is 59.6 Å². The molecule has 2 aliphatic heterocycles. The Bertz CT molecular complexity index is 659. The quantitative estimate of drug-likeness (QED) is 0.837. The summed E-state index contributed by atoms with van der Waals surface area (Å²) in [5.41, 5.74) is 1.07. The molecule has 2 saturated heterocycles. The van der Waals surface area contributed by atoms with Crippen LogP contribution < -0.4 is 9.80 Å². The molecule has 7 nitrogen and oxygen atoms in total. The third-order valence-electron chi connectivity index (χ3n) is 4.93. The fraction of sp³-hybridized carbons (Fsp3) is 0.556. The van der Waals surface area contributed by atoms with E-state index in [1.807, 2.05) is 6.20 Å². The van der Waals surface area contributed by atoms with Gasteiger partial charge >= 0.3 is 0 Å². The second-order valence-corrected chi connectivity index (χ2v) is 6.70. The Kier molecular flexibility index (Phi) is 5.01. The van der Waals surface area contributed by atoms with E-state index < -0.39 is 0 Å². The Hall–Kier alpha value is -2.28. The molecule has 0 N–H and O–H groups in total. The maximum absolute atomic E-state index is 5.39. The van der Waals surface area contributed by atoms with Gasteiger partial charge in [-0.1, -0.05) is 0 Å². The van der Waals surface area contributed by atoms with Crippen LogP contribution in [0.25, 0.3) is 0 Å². The first-order valence-corrected chi connectivity index (χ1v) is 9.05. The lowest BCUT2D eigenvalue weighted by atomic mass is 9.93. The molecule has 0 spiro atoms. The normalized spacial score (nSPS) is 21.4. The van der Waals surface area contributed by atoms with Crippen molar-refractivity contribution in [2.24, 2.45) is 5.92 Å². The molecule has 1 unspecified atom stereocenters. The maximum Gasteiger partial charge on any atom is 0.151 e. The van der Waals surface area contributed by atoms with E-state index in [1.54, 1.807) is 12.4 Å². The molecule has 0 radical (unpaired) electrons. The van der Waals surface area contributed by atoms with Gasteiger partial charge in [-0.3, -0.25) is 4.98 Å². The van der Waals surface area contributed by atoms with Crippen molar-refractivity contribution in [3.63, 3.8) is 0 Å². The fourth-order valence-corrected chi connectivity index (χ4v) is 3.61. The smallest absolute Gasteiger partial charge is 0.151 e. The summed E-state index contributed by atoms with van der Waals surface area (Å²) in [6.45, 7) is 5.38. The highest BCUT2D eigenvalue weighted by Gasteiger charge is 2.22.